The van der Waals surface area contributed by atoms with Gasteiger partial charge in [0.05, 0.1) is 30.8 Å². The van der Waals surface area contributed by atoms with Crippen molar-refractivity contribution in [1.82, 2.24) is 5.32 Å². The maximum absolute atomic E-state index is 12.4. The highest BCUT2D eigenvalue weighted by Crippen LogP contribution is 2.59. The van der Waals surface area contributed by atoms with Crippen LogP contribution in [-0.4, -0.2) is 66.6 Å². The number of epoxide rings is 2. The third-order valence-corrected chi connectivity index (χ3v) is 6.33. The maximum atomic E-state index is 12.4. The van der Waals surface area contributed by atoms with E-state index < -0.39 is 11.6 Å². The molecule has 160 valence electrons. The predicted molar refractivity (Wildman–Crippen MR) is 104 cm³/mol. The number of amides is 1. The van der Waals surface area contributed by atoms with Crippen LogP contribution in [0.2, 0.25) is 0 Å². The van der Waals surface area contributed by atoms with E-state index in [-0.39, 0.29) is 42.0 Å². The molecule has 1 aliphatic carbocycles. The van der Waals surface area contributed by atoms with E-state index in [1.165, 1.54) is 5.57 Å². The maximum Gasteiger partial charge on any atom is 0.407 e. The fourth-order valence-electron chi connectivity index (χ4n) is 4.55. The van der Waals surface area contributed by atoms with Crippen molar-refractivity contribution in [1.29, 1.82) is 0 Å². The molecule has 1 amide bonds. The Hall–Kier alpha value is -1.15. The summed E-state index contributed by atoms with van der Waals surface area (Å²) in [6, 6.07) is 0. The van der Waals surface area contributed by atoms with Crippen LogP contribution in [0.15, 0.2) is 11.6 Å². The molecule has 0 aromatic carbocycles. The summed E-state index contributed by atoms with van der Waals surface area (Å²) in [5, 5.41) is 12.1. The van der Waals surface area contributed by atoms with Crippen LogP contribution in [0, 0.1) is 5.92 Å². The topological polar surface area (TPSA) is 92.9 Å². The lowest BCUT2D eigenvalue weighted by Gasteiger charge is -2.42. The van der Waals surface area contributed by atoms with Crippen LogP contribution in [0.1, 0.15) is 53.9 Å². The number of alkyl carbamates (subject to hydrolysis) is 1. The average molecular weight is 398 g/mol. The summed E-state index contributed by atoms with van der Waals surface area (Å²) < 4.78 is 23.7. The van der Waals surface area contributed by atoms with Crippen LogP contribution in [0.5, 0.6) is 0 Å². The molecule has 2 heterocycles. The van der Waals surface area contributed by atoms with Crippen LogP contribution in [0.25, 0.3) is 0 Å². The lowest BCUT2D eigenvalue weighted by molar-refractivity contribution is -0.118. The van der Waals surface area contributed by atoms with E-state index in [0.717, 1.165) is 12.8 Å². The molecule has 28 heavy (non-hydrogen) atoms. The highest BCUT2D eigenvalue weighted by atomic mass is 16.6. The van der Waals surface area contributed by atoms with E-state index in [1.807, 2.05) is 0 Å². The summed E-state index contributed by atoms with van der Waals surface area (Å²) in [5.74, 6) is -0.00188. The Labute approximate surface area is 167 Å². The second kappa shape index (κ2) is 7.59. The van der Waals surface area contributed by atoms with Gasteiger partial charge in [-0.2, -0.15) is 0 Å². The SMILES string of the molecule is COC1C(OC(=O)NC(C)(C)CO)CC[C@]2(CO2)C1C1(C)O[C@@H]1CC=C(C)C. The molecule has 3 rings (SSSR count). The minimum absolute atomic E-state index is 0.00188. The first-order valence-electron chi connectivity index (χ1n) is 10.1. The van der Waals surface area contributed by atoms with Crippen LogP contribution in [0.4, 0.5) is 4.79 Å². The number of aliphatic hydroxyl groups excluding tert-OH is 1. The van der Waals surface area contributed by atoms with Gasteiger partial charge in [-0.05, 0) is 53.9 Å². The second-order valence-electron chi connectivity index (χ2n) is 9.49. The van der Waals surface area contributed by atoms with E-state index in [0.29, 0.717) is 13.0 Å². The Morgan fingerprint density at radius 1 is 1.39 bits per heavy atom. The summed E-state index contributed by atoms with van der Waals surface area (Å²) in [6.45, 7) is 10.3. The third-order valence-electron chi connectivity index (χ3n) is 6.33. The van der Waals surface area contributed by atoms with Gasteiger partial charge in [0.15, 0.2) is 0 Å². The summed E-state index contributed by atoms with van der Waals surface area (Å²) in [7, 11) is 1.65. The highest BCUT2D eigenvalue weighted by molar-refractivity contribution is 5.68. The zero-order valence-corrected chi connectivity index (χ0v) is 17.9. The molecule has 2 saturated heterocycles. The number of hydrogen-bond donors (Lipinski definition) is 2. The largest absolute Gasteiger partial charge is 0.443 e. The number of carbonyl (C=O) groups excluding carboxylic acids is 1. The molecule has 1 saturated carbocycles. The van der Waals surface area contributed by atoms with Crippen LogP contribution in [-0.2, 0) is 18.9 Å². The van der Waals surface area contributed by atoms with E-state index >= 15 is 0 Å². The number of nitrogens with one attached hydrogen (secondary N) is 1. The van der Waals surface area contributed by atoms with Gasteiger partial charge in [0.1, 0.15) is 23.4 Å². The molecular formula is C21H35NO6. The first kappa shape index (κ1) is 21.6. The van der Waals surface area contributed by atoms with E-state index in [2.05, 4.69) is 32.2 Å². The molecule has 3 aliphatic rings. The van der Waals surface area contributed by atoms with Crippen molar-refractivity contribution < 1.29 is 28.8 Å². The molecule has 4 unspecified atom stereocenters. The van der Waals surface area contributed by atoms with Crippen molar-refractivity contribution in [3.05, 3.63) is 11.6 Å². The van der Waals surface area contributed by atoms with Gasteiger partial charge < -0.3 is 29.4 Å². The molecule has 6 atom stereocenters. The Bertz CT molecular complexity index is 624. The summed E-state index contributed by atoms with van der Waals surface area (Å²) in [4.78, 5) is 12.4. The lowest BCUT2D eigenvalue weighted by Crippen LogP contribution is -2.57. The molecule has 0 aromatic rings. The van der Waals surface area contributed by atoms with Gasteiger partial charge in [0, 0.05) is 7.11 Å². The summed E-state index contributed by atoms with van der Waals surface area (Å²) >= 11 is 0. The number of carbonyl (C=O) groups is 1. The van der Waals surface area contributed by atoms with Crippen molar-refractivity contribution >= 4 is 6.09 Å². The van der Waals surface area contributed by atoms with Gasteiger partial charge in [-0.3, -0.25) is 0 Å². The molecule has 0 radical (unpaired) electrons. The van der Waals surface area contributed by atoms with E-state index in [9.17, 15) is 9.90 Å². The first-order valence-corrected chi connectivity index (χ1v) is 10.1. The molecule has 1 spiro atoms. The van der Waals surface area contributed by atoms with Crippen molar-refractivity contribution in [2.75, 3.05) is 20.3 Å². The Balaban J connectivity index is 1.72. The smallest absolute Gasteiger partial charge is 0.407 e. The lowest BCUT2D eigenvalue weighted by atomic mass is 9.68. The second-order valence-corrected chi connectivity index (χ2v) is 9.49. The van der Waals surface area contributed by atoms with Gasteiger partial charge >= 0.3 is 6.09 Å². The van der Waals surface area contributed by atoms with Gasteiger partial charge in [-0.15, -0.1) is 0 Å². The quantitative estimate of drug-likeness (QED) is 0.507. The van der Waals surface area contributed by atoms with E-state index in [4.69, 9.17) is 18.9 Å². The fraction of sp³-hybridized carbons (Fsp3) is 0.857. The van der Waals surface area contributed by atoms with Crippen LogP contribution < -0.4 is 5.32 Å². The molecule has 2 aliphatic heterocycles. The molecule has 0 bridgehead atoms. The Kier molecular flexibility index (Phi) is 5.85. The number of aliphatic hydroxyl groups is 1. The molecule has 7 nitrogen and oxygen atoms in total. The van der Waals surface area contributed by atoms with Crippen LogP contribution in [0.3, 0.4) is 0 Å². The normalized spacial score (nSPS) is 39.4. The predicted octanol–water partition coefficient (Wildman–Crippen LogP) is 2.56. The Morgan fingerprint density at radius 3 is 2.61 bits per heavy atom. The standard InChI is InChI=1S/C21H35NO6/c1-13(2)7-8-15-20(5,28-15)17-16(25-6)14(9-10-21(17)12-26-21)27-18(24)22-19(3,4)11-23/h7,14-17,23H,8-12H2,1-6H3,(H,22,24)/t14?,15-,16?,17?,20?,21+/m1/s1. The van der Waals surface area contributed by atoms with E-state index in [1.54, 1.807) is 21.0 Å². The minimum Gasteiger partial charge on any atom is -0.443 e. The van der Waals surface area contributed by atoms with Crippen LogP contribution >= 0.6 is 0 Å². The third kappa shape index (κ3) is 4.22. The van der Waals surface area contributed by atoms with Gasteiger partial charge in [-0.25, -0.2) is 4.79 Å². The number of hydrogen-bond acceptors (Lipinski definition) is 6. The molecule has 3 fully saturated rings. The van der Waals surface area contributed by atoms with Crippen molar-refractivity contribution in [2.24, 2.45) is 5.92 Å². The average Bonchev–Trinajstić information content (AvgIpc) is 3.52. The number of methoxy groups -OCH3 is 1. The monoisotopic (exact) mass is 397 g/mol. The van der Waals surface area contributed by atoms with Crippen molar-refractivity contribution in [3.63, 3.8) is 0 Å². The number of ether oxygens (including phenoxy) is 4. The van der Waals surface area contributed by atoms with Gasteiger partial charge in [0.2, 0.25) is 0 Å². The first-order chi connectivity index (χ1) is 13.1. The molecule has 0 aromatic heterocycles. The summed E-state index contributed by atoms with van der Waals surface area (Å²) in [6.07, 6.45) is 3.43. The molecular weight excluding hydrogens is 362 g/mol. The zero-order chi connectivity index (χ0) is 20.7. The van der Waals surface area contributed by atoms with Gasteiger partial charge in [-0.1, -0.05) is 11.6 Å². The number of rotatable bonds is 7. The minimum atomic E-state index is -0.741. The van der Waals surface area contributed by atoms with Gasteiger partial charge in [0.25, 0.3) is 0 Å². The molecule has 7 heteroatoms. The zero-order valence-electron chi connectivity index (χ0n) is 17.9. The fourth-order valence-corrected chi connectivity index (χ4v) is 4.55. The molecule has 2 N–H and O–H groups in total. The highest BCUT2D eigenvalue weighted by Gasteiger charge is 2.72. The number of allylic oxidation sites excluding steroid dienone is 1. The Morgan fingerprint density at radius 2 is 2.07 bits per heavy atom. The van der Waals surface area contributed by atoms with Crippen molar-refractivity contribution in [3.8, 4) is 0 Å². The van der Waals surface area contributed by atoms with Crippen molar-refractivity contribution in [2.45, 2.75) is 88.9 Å². The summed E-state index contributed by atoms with van der Waals surface area (Å²) in [5.41, 5.74) is -0.0659.